The van der Waals surface area contributed by atoms with E-state index in [0.717, 1.165) is 12.8 Å². The molecule has 1 saturated heterocycles. The predicted octanol–water partition coefficient (Wildman–Crippen LogP) is 2.37. The first-order valence-electron chi connectivity index (χ1n) is 6.65. The quantitative estimate of drug-likeness (QED) is 0.765. The van der Waals surface area contributed by atoms with Crippen LogP contribution < -0.4 is 5.32 Å². The largest absolute Gasteiger partial charge is 0.480 e. The van der Waals surface area contributed by atoms with Gasteiger partial charge >= 0.3 is 18.2 Å². The normalized spacial score (nSPS) is 19.8. The Morgan fingerprint density at radius 3 is 2.55 bits per heavy atom. The first kappa shape index (κ1) is 16.6. The lowest BCUT2D eigenvalue weighted by Crippen LogP contribution is -2.52. The zero-order chi connectivity index (χ0) is 15.2. The molecule has 1 fully saturated rings. The summed E-state index contributed by atoms with van der Waals surface area (Å²) in [7, 11) is 0. The average Bonchev–Trinajstić information content (AvgIpc) is 2.36. The van der Waals surface area contributed by atoms with Crippen LogP contribution in [-0.4, -0.2) is 47.3 Å². The summed E-state index contributed by atoms with van der Waals surface area (Å²) in [6.07, 6.45) is -2.97. The lowest BCUT2D eigenvalue weighted by atomic mass is 10.0. The van der Waals surface area contributed by atoms with Gasteiger partial charge in [0.1, 0.15) is 6.04 Å². The molecule has 20 heavy (non-hydrogen) atoms. The molecule has 1 rings (SSSR count). The number of alkyl halides is 3. The Morgan fingerprint density at radius 2 is 1.95 bits per heavy atom. The summed E-state index contributed by atoms with van der Waals surface area (Å²) in [4.78, 5) is 24.1. The predicted molar refractivity (Wildman–Crippen MR) is 65.3 cm³/mol. The molecular weight excluding hydrogens is 277 g/mol. The second-order valence-electron chi connectivity index (χ2n) is 4.85. The van der Waals surface area contributed by atoms with Gasteiger partial charge in [0, 0.05) is 19.5 Å². The number of carbonyl (C=O) groups is 2. The van der Waals surface area contributed by atoms with Crippen LogP contribution in [0, 0.1) is 0 Å². The molecule has 0 aromatic heterocycles. The summed E-state index contributed by atoms with van der Waals surface area (Å²) in [5.74, 6) is -1.04. The van der Waals surface area contributed by atoms with E-state index < -0.39 is 30.6 Å². The highest BCUT2D eigenvalue weighted by Crippen LogP contribution is 2.22. The van der Waals surface area contributed by atoms with Crippen molar-refractivity contribution < 1.29 is 27.9 Å². The van der Waals surface area contributed by atoms with E-state index in [1.54, 1.807) is 0 Å². The highest BCUT2D eigenvalue weighted by molar-refractivity contribution is 5.82. The van der Waals surface area contributed by atoms with Gasteiger partial charge in [0.2, 0.25) is 0 Å². The van der Waals surface area contributed by atoms with Gasteiger partial charge in [-0.1, -0.05) is 0 Å². The molecule has 5 nitrogen and oxygen atoms in total. The third-order valence-electron chi connectivity index (χ3n) is 3.21. The Balaban J connectivity index is 2.29. The number of rotatable bonds is 5. The van der Waals surface area contributed by atoms with E-state index in [1.807, 2.05) is 0 Å². The van der Waals surface area contributed by atoms with Crippen LogP contribution in [0.25, 0.3) is 0 Å². The van der Waals surface area contributed by atoms with Crippen molar-refractivity contribution in [3.63, 3.8) is 0 Å². The molecule has 0 aromatic carbocycles. The second-order valence-corrected chi connectivity index (χ2v) is 4.85. The number of hydrogen-bond donors (Lipinski definition) is 2. The second kappa shape index (κ2) is 7.35. The third-order valence-corrected chi connectivity index (χ3v) is 3.21. The zero-order valence-corrected chi connectivity index (χ0v) is 11.1. The molecule has 1 heterocycles. The number of nitrogens with one attached hydrogen (secondary N) is 1. The Morgan fingerprint density at radius 1 is 1.25 bits per heavy atom. The Hall–Kier alpha value is -1.47. The third kappa shape index (κ3) is 5.66. The van der Waals surface area contributed by atoms with Gasteiger partial charge in [0.15, 0.2) is 0 Å². The standard InChI is InChI=1S/C12H19F3N2O3/c13-12(14,15)6-2-3-7-16-11(20)17-8-4-1-5-9(17)10(18)19/h9H,1-8H2,(H,16,20)(H,18,19). The molecule has 2 N–H and O–H groups in total. The summed E-state index contributed by atoms with van der Waals surface area (Å²) < 4.78 is 35.7. The van der Waals surface area contributed by atoms with Crippen LogP contribution in [0.5, 0.6) is 0 Å². The van der Waals surface area contributed by atoms with Gasteiger partial charge in [0.05, 0.1) is 0 Å². The molecular formula is C12H19F3N2O3. The minimum atomic E-state index is -4.18. The van der Waals surface area contributed by atoms with E-state index in [9.17, 15) is 22.8 Å². The van der Waals surface area contributed by atoms with Crippen molar-refractivity contribution in [2.24, 2.45) is 0 Å². The fraction of sp³-hybridized carbons (Fsp3) is 0.833. The van der Waals surface area contributed by atoms with Crippen molar-refractivity contribution in [3.05, 3.63) is 0 Å². The number of piperidine rings is 1. The van der Waals surface area contributed by atoms with Gasteiger partial charge in [-0.25, -0.2) is 9.59 Å². The molecule has 0 bridgehead atoms. The fourth-order valence-corrected chi connectivity index (χ4v) is 2.18. The van der Waals surface area contributed by atoms with E-state index in [1.165, 1.54) is 4.90 Å². The number of urea groups is 1. The molecule has 0 aliphatic carbocycles. The minimum absolute atomic E-state index is 0.0495. The number of hydrogen-bond acceptors (Lipinski definition) is 2. The average molecular weight is 296 g/mol. The fourth-order valence-electron chi connectivity index (χ4n) is 2.18. The van der Waals surface area contributed by atoms with E-state index in [4.69, 9.17) is 5.11 Å². The van der Waals surface area contributed by atoms with Crippen molar-refractivity contribution in [3.8, 4) is 0 Å². The van der Waals surface area contributed by atoms with Gasteiger partial charge in [-0.2, -0.15) is 13.2 Å². The number of unbranched alkanes of at least 4 members (excludes halogenated alkanes) is 1. The van der Waals surface area contributed by atoms with Crippen molar-refractivity contribution >= 4 is 12.0 Å². The number of aliphatic carboxylic acids is 1. The number of carboxylic acids is 1. The number of carboxylic acid groups (broad SMARTS) is 1. The number of carbonyl (C=O) groups excluding carboxylic acids is 1. The van der Waals surface area contributed by atoms with Crippen LogP contribution in [0.1, 0.15) is 38.5 Å². The van der Waals surface area contributed by atoms with Gasteiger partial charge in [-0.05, 0) is 32.1 Å². The van der Waals surface area contributed by atoms with E-state index >= 15 is 0 Å². The summed E-state index contributed by atoms with van der Waals surface area (Å²) >= 11 is 0. The molecule has 1 aliphatic heterocycles. The van der Waals surface area contributed by atoms with Crippen molar-refractivity contribution in [2.75, 3.05) is 13.1 Å². The van der Waals surface area contributed by atoms with Gasteiger partial charge in [-0.3, -0.25) is 0 Å². The number of nitrogens with zero attached hydrogens (tertiary/aromatic N) is 1. The SMILES string of the molecule is O=C(O)C1CCCCN1C(=O)NCCCCC(F)(F)F. The Bertz CT molecular complexity index is 347. The molecule has 1 atom stereocenters. The van der Waals surface area contributed by atoms with Gasteiger partial charge in [-0.15, -0.1) is 0 Å². The van der Waals surface area contributed by atoms with Gasteiger partial charge in [0.25, 0.3) is 0 Å². The maximum absolute atomic E-state index is 11.9. The molecule has 8 heteroatoms. The van der Waals surface area contributed by atoms with Crippen molar-refractivity contribution in [1.82, 2.24) is 10.2 Å². The van der Waals surface area contributed by atoms with Crippen molar-refractivity contribution in [1.29, 1.82) is 0 Å². The maximum Gasteiger partial charge on any atom is 0.389 e. The first-order valence-corrected chi connectivity index (χ1v) is 6.65. The van der Waals surface area contributed by atoms with Crippen LogP contribution in [-0.2, 0) is 4.79 Å². The molecule has 1 aliphatic rings. The van der Waals surface area contributed by atoms with Crippen LogP contribution in [0.2, 0.25) is 0 Å². The zero-order valence-electron chi connectivity index (χ0n) is 11.1. The molecule has 0 radical (unpaired) electrons. The molecule has 2 amide bonds. The monoisotopic (exact) mass is 296 g/mol. The first-order chi connectivity index (χ1) is 9.31. The van der Waals surface area contributed by atoms with Crippen molar-refractivity contribution in [2.45, 2.75) is 50.7 Å². The van der Waals surface area contributed by atoms with Crippen LogP contribution >= 0.6 is 0 Å². The molecule has 0 saturated carbocycles. The van der Waals surface area contributed by atoms with E-state index in [-0.39, 0.29) is 19.4 Å². The number of likely N-dealkylation sites (tertiary alicyclic amines) is 1. The van der Waals surface area contributed by atoms with Gasteiger partial charge < -0.3 is 15.3 Å². The maximum atomic E-state index is 11.9. The molecule has 1 unspecified atom stereocenters. The van der Waals surface area contributed by atoms with E-state index in [0.29, 0.717) is 13.0 Å². The Kier molecular flexibility index (Phi) is 6.09. The number of halogens is 3. The summed E-state index contributed by atoms with van der Waals surface area (Å²) in [5, 5.41) is 11.5. The van der Waals surface area contributed by atoms with Crippen LogP contribution in [0.15, 0.2) is 0 Å². The highest BCUT2D eigenvalue weighted by Gasteiger charge is 2.31. The molecule has 0 aromatic rings. The van der Waals surface area contributed by atoms with Crippen LogP contribution in [0.3, 0.4) is 0 Å². The molecule has 0 spiro atoms. The van der Waals surface area contributed by atoms with E-state index in [2.05, 4.69) is 5.32 Å². The summed E-state index contributed by atoms with van der Waals surface area (Å²) in [5.41, 5.74) is 0. The highest BCUT2D eigenvalue weighted by atomic mass is 19.4. The minimum Gasteiger partial charge on any atom is -0.480 e. The summed E-state index contributed by atoms with van der Waals surface area (Å²) in [6, 6.07) is -1.34. The molecule has 116 valence electrons. The smallest absolute Gasteiger partial charge is 0.389 e. The lowest BCUT2D eigenvalue weighted by Gasteiger charge is -2.32. The number of amides is 2. The van der Waals surface area contributed by atoms with Crippen LogP contribution in [0.4, 0.5) is 18.0 Å². The Labute approximate surface area is 115 Å². The summed E-state index contributed by atoms with van der Waals surface area (Å²) in [6.45, 7) is 0.489. The lowest BCUT2D eigenvalue weighted by molar-refractivity contribution is -0.143. The topological polar surface area (TPSA) is 69.6 Å².